The van der Waals surface area contributed by atoms with Crippen LogP contribution in [0.2, 0.25) is 0 Å². The first-order valence-corrected chi connectivity index (χ1v) is 8.34. The van der Waals surface area contributed by atoms with E-state index in [0.29, 0.717) is 15.9 Å². The smallest absolute Gasteiger partial charge is 0.293 e. The van der Waals surface area contributed by atoms with Gasteiger partial charge in [-0.3, -0.25) is 14.9 Å². The van der Waals surface area contributed by atoms with E-state index in [2.05, 4.69) is 31.9 Å². The number of rotatable bonds is 4. The lowest BCUT2D eigenvalue weighted by molar-refractivity contribution is 0.0939. The Morgan fingerprint density at radius 3 is 2.46 bits per heavy atom. The molecule has 24 heavy (non-hydrogen) atoms. The van der Waals surface area contributed by atoms with Crippen LogP contribution in [0.5, 0.6) is 0 Å². The summed E-state index contributed by atoms with van der Waals surface area (Å²) in [7, 11) is 0. The molecule has 0 aliphatic carbocycles. The minimum atomic E-state index is -0.484. The monoisotopic (exact) mass is 409 g/mol. The van der Waals surface area contributed by atoms with Crippen molar-refractivity contribution in [3.63, 3.8) is 0 Å². The van der Waals surface area contributed by atoms with E-state index in [-0.39, 0.29) is 22.8 Å². The lowest BCUT2D eigenvalue weighted by atomic mass is 10.1. The zero-order valence-corrected chi connectivity index (χ0v) is 15.5. The molecule has 1 heterocycles. The standard InChI is InChI=1S/C16H16BrN3O3S/c1-9(2)18-14(21)10-5-3-4-6-11(10)19-16(24)20-15(22)12-7-8-13(17)23-12/h3-9H,1-2H3,(H,18,21)(H2,19,20,22,24). The fourth-order valence-corrected chi connectivity index (χ4v) is 2.39. The first-order chi connectivity index (χ1) is 11.4. The topological polar surface area (TPSA) is 83.4 Å². The number of carbonyl (C=O) groups excluding carboxylic acids is 2. The van der Waals surface area contributed by atoms with Crippen molar-refractivity contribution in [2.24, 2.45) is 0 Å². The van der Waals surface area contributed by atoms with Crippen molar-refractivity contribution in [1.29, 1.82) is 0 Å². The van der Waals surface area contributed by atoms with Crippen LogP contribution in [0.3, 0.4) is 0 Å². The Bertz CT molecular complexity index is 773. The summed E-state index contributed by atoms with van der Waals surface area (Å²) in [6.07, 6.45) is 0. The number of benzene rings is 1. The van der Waals surface area contributed by atoms with Gasteiger partial charge in [-0.1, -0.05) is 12.1 Å². The van der Waals surface area contributed by atoms with Crippen molar-refractivity contribution < 1.29 is 14.0 Å². The summed E-state index contributed by atoms with van der Waals surface area (Å²) >= 11 is 8.25. The zero-order chi connectivity index (χ0) is 17.7. The summed E-state index contributed by atoms with van der Waals surface area (Å²) in [5, 5.41) is 8.24. The molecule has 1 aromatic heterocycles. The Morgan fingerprint density at radius 1 is 1.12 bits per heavy atom. The second-order valence-corrected chi connectivity index (χ2v) is 6.38. The highest BCUT2D eigenvalue weighted by atomic mass is 79.9. The van der Waals surface area contributed by atoms with E-state index in [9.17, 15) is 9.59 Å². The number of hydrogen-bond acceptors (Lipinski definition) is 4. The number of nitrogens with one attached hydrogen (secondary N) is 3. The molecule has 3 N–H and O–H groups in total. The number of carbonyl (C=O) groups is 2. The molecule has 2 rings (SSSR count). The van der Waals surface area contributed by atoms with Crippen LogP contribution in [0.25, 0.3) is 0 Å². The van der Waals surface area contributed by atoms with Crippen LogP contribution in [0, 0.1) is 0 Å². The second-order valence-electron chi connectivity index (χ2n) is 5.19. The molecule has 2 aromatic rings. The summed E-state index contributed by atoms with van der Waals surface area (Å²) in [6.45, 7) is 3.75. The van der Waals surface area contributed by atoms with Gasteiger partial charge >= 0.3 is 0 Å². The van der Waals surface area contributed by atoms with Crippen LogP contribution in [0.15, 0.2) is 45.5 Å². The van der Waals surface area contributed by atoms with Crippen LogP contribution in [0.4, 0.5) is 5.69 Å². The highest BCUT2D eigenvalue weighted by molar-refractivity contribution is 9.10. The molecule has 0 aliphatic rings. The molecule has 0 aliphatic heterocycles. The molecule has 0 atom stereocenters. The van der Waals surface area contributed by atoms with Gasteiger partial charge < -0.3 is 15.1 Å². The Labute approximate surface area is 153 Å². The van der Waals surface area contributed by atoms with Gasteiger partial charge in [0, 0.05) is 6.04 Å². The molecule has 2 amide bonds. The van der Waals surface area contributed by atoms with Gasteiger partial charge in [-0.25, -0.2) is 0 Å². The van der Waals surface area contributed by atoms with Crippen molar-refractivity contribution in [1.82, 2.24) is 10.6 Å². The third-order valence-electron chi connectivity index (χ3n) is 2.86. The van der Waals surface area contributed by atoms with Crippen LogP contribution in [-0.4, -0.2) is 23.0 Å². The van der Waals surface area contributed by atoms with Crippen LogP contribution in [-0.2, 0) is 0 Å². The van der Waals surface area contributed by atoms with E-state index in [0.717, 1.165) is 0 Å². The maximum atomic E-state index is 12.2. The van der Waals surface area contributed by atoms with Crippen LogP contribution < -0.4 is 16.0 Å². The normalized spacial score (nSPS) is 10.3. The number of anilines is 1. The molecule has 0 saturated carbocycles. The SMILES string of the molecule is CC(C)NC(=O)c1ccccc1NC(=S)NC(=O)c1ccc(Br)o1. The van der Waals surface area contributed by atoms with Gasteiger partial charge in [-0.05, 0) is 66.3 Å². The Balaban J connectivity index is 2.06. The van der Waals surface area contributed by atoms with E-state index in [4.69, 9.17) is 16.6 Å². The van der Waals surface area contributed by atoms with E-state index in [1.54, 1.807) is 30.3 Å². The quantitative estimate of drug-likeness (QED) is 0.674. The Morgan fingerprint density at radius 2 is 1.83 bits per heavy atom. The van der Waals surface area contributed by atoms with Gasteiger partial charge in [0.1, 0.15) is 0 Å². The predicted molar refractivity (Wildman–Crippen MR) is 99.1 cm³/mol. The highest BCUT2D eigenvalue weighted by Crippen LogP contribution is 2.16. The van der Waals surface area contributed by atoms with Crippen LogP contribution in [0.1, 0.15) is 34.8 Å². The molecule has 0 saturated heterocycles. The van der Waals surface area contributed by atoms with E-state index >= 15 is 0 Å². The van der Waals surface area contributed by atoms with Crippen molar-refractivity contribution in [3.05, 3.63) is 52.4 Å². The molecular formula is C16H16BrN3O3S. The summed E-state index contributed by atoms with van der Waals surface area (Å²) in [4.78, 5) is 24.2. The molecule has 8 heteroatoms. The first-order valence-electron chi connectivity index (χ1n) is 7.14. The zero-order valence-electron chi connectivity index (χ0n) is 13.1. The molecule has 0 unspecified atom stereocenters. The number of halogens is 1. The Kier molecular flexibility index (Phi) is 6.10. The van der Waals surface area contributed by atoms with Gasteiger partial charge in [0.25, 0.3) is 11.8 Å². The maximum absolute atomic E-state index is 12.2. The molecular weight excluding hydrogens is 394 g/mol. The molecule has 0 spiro atoms. The largest absolute Gasteiger partial charge is 0.444 e. The number of furan rings is 1. The molecule has 6 nitrogen and oxygen atoms in total. The molecule has 0 fully saturated rings. The predicted octanol–water partition coefficient (Wildman–Crippen LogP) is 3.31. The third kappa shape index (κ3) is 4.90. The van der Waals surface area contributed by atoms with E-state index < -0.39 is 5.91 Å². The number of thiocarbonyl (C=S) groups is 1. The summed E-state index contributed by atoms with van der Waals surface area (Å²) in [6, 6.07) is 10.0. The fourth-order valence-electron chi connectivity index (χ4n) is 1.88. The summed E-state index contributed by atoms with van der Waals surface area (Å²) in [5.74, 6) is -0.587. The number of hydrogen-bond donors (Lipinski definition) is 3. The van der Waals surface area contributed by atoms with Crippen molar-refractivity contribution in [2.45, 2.75) is 19.9 Å². The number of amides is 2. The average molecular weight is 410 g/mol. The van der Waals surface area contributed by atoms with Crippen molar-refractivity contribution >= 4 is 50.8 Å². The number of para-hydroxylation sites is 1. The third-order valence-corrected chi connectivity index (χ3v) is 3.49. The minimum absolute atomic E-state index is 0.00890. The minimum Gasteiger partial charge on any atom is -0.444 e. The van der Waals surface area contributed by atoms with Gasteiger partial charge in [-0.2, -0.15) is 0 Å². The fraction of sp³-hybridized carbons (Fsp3) is 0.188. The summed E-state index contributed by atoms with van der Waals surface area (Å²) in [5.41, 5.74) is 0.935. The van der Waals surface area contributed by atoms with Crippen molar-refractivity contribution in [3.8, 4) is 0 Å². The molecule has 0 bridgehead atoms. The summed E-state index contributed by atoms with van der Waals surface area (Å²) < 4.78 is 5.60. The van der Waals surface area contributed by atoms with Crippen molar-refractivity contribution in [2.75, 3.05) is 5.32 Å². The van der Waals surface area contributed by atoms with Gasteiger partial charge in [-0.15, -0.1) is 0 Å². The van der Waals surface area contributed by atoms with Crippen LogP contribution >= 0.6 is 28.1 Å². The van der Waals surface area contributed by atoms with E-state index in [1.807, 2.05) is 13.8 Å². The van der Waals surface area contributed by atoms with Gasteiger partial charge in [0.2, 0.25) is 0 Å². The average Bonchev–Trinajstić information content (AvgIpc) is 2.93. The Hall–Kier alpha value is -2.19. The van der Waals surface area contributed by atoms with E-state index in [1.165, 1.54) is 6.07 Å². The highest BCUT2D eigenvalue weighted by Gasteiger charge is 2.15. The molecule has 126 valence electrons. The maximum Gasteiger partial charge on any atom is 0.293 e. The lowest BCUT2D eigenvalue weighted by Gasteiger charge is -2.14. The molecule has 1 aromatic carbocycles. The second kappa shape index (κ2) is 8.07. The first kappa shape index (κ1) is 18.2. The van der Waals surface area contributed by atoms with Gasteiger partial charge in [0.05, 0.1) is 11.3 Å². The molecule has 0 radical (unpaired) electrons. The lowest BCUT2D eigenvalue weighted by Crippen LogP contribution is -2.35. The van der Waals surface area contributed by atoms with Gasteiger partial charge in [0.15, 0.2) is 15.5 Å².